The van der Waals surface area contributed by atoms with Crippen molar-refractivity contribution in [3.8, 4) is 11.4 Å². The molecule has 2 aromatic heterocycles. The molecular weight excluding hydrogens is 504 g/mol. The van der Waals surface area contributed by atoms with Crippen molar-refractivity contribution < 1.29 is 9.47 Å². The standard InChI is InChI=1S/C29H29ClN4O2S/c1-19-9-10-21(17-20(19)2)33-14-6-8-25(33)28-27(24-7-4-5-13-31-24)32-29(37)34(28)22-11-12-26(23(30)18-22)36-16-15-35-3/h4-14,17-18,27-28H,15-16H2,1-3H3,(H,32,37). The lowest BCUT2D eigenvalue weighted by Crippen LogP contribution is -2.30. The van der Waals surface area contributed by atoms with Gasteiger partial charge in [0, 0.05) is 36.6 Å². The minimum atomic E-state index is -0.171. The largest absolute Gasteiger partial charge is 0.490 e. The number of benzene rings is 2. The average molecular weight is 533 g/mol. The molecule has 8 heteroatoms. The zero-order valence-corrected chi connectivity index (χ0v) is 22.6. The Labute approximate surface area is 227 Å². The highest BCUT2D eigenvalue weighted by atomic mass is 35.5. The first-order valence-corrected chi connectivity index (χ1v) is 12.9. The fourth-order valence-corrected chi connectivity index (χ4v) is 5.25. The van der Waals surface area contributed by atoms with Crippen molar-refractivity contribution in [2.45, 2.75) is 25.9 Å². The first-order chi connectivity index (χ1) is 18.0. The topological polar surface area (TPSA) is 51.6 Å². The third kappa shape index (κ3) is 5.07. The molecule has 0 radical (unpaired) electrons. The van der Waals surface area contributed by atoms with E-state index in [0.29, 0.717) is 29.1 Å². The minimum absolute atomic E-state index is 0.162. The van der Waals surface area contributed by atoms with Crippen LogP contribution in [0.15, 0.2) is 79.1 Å². The minimum Gasteiger partial charge on any atom is -0.490 e. The first-order valence-electron chi connectivity index (χ1n) is 12.1. The average Bonchev–Trinajstić information content (AvgIpc) is 3.51. The maximum absolute atomic E-state index is 6.65. The Hall–Kier alpha value is -3.39. The van der Waals surface area contributed by atoms with Gasteiger partial charge in [-0.25, -0.2) is 0 Å². The quantitative estimate of drug-likeness (QED) is 0.211. The van der Waals surface area contributed by atoms with Crippen LogP contribution in [0.3, 0.4) is 0 Å². The Morgan fingerprint density at radius 2 is 1.81 bits per heavy atom. The molecule has 2 aromatic carbocycles. The van der Waals surface area contributed by atoms with Crippen molar-refractivity contribution in [1.29, 1.82) is 0 Å². The lowest BCUT2D eigenvalue weighted by molar-refractivity contribution is 0.146. The highest BCUT2D eigenvalue weighted by Crippen LogP contribution is 2.43. The molecule has 0 aliphatic carbocycles. The molecule has 37 heavy (non-hydrogen) atoms. The van der Waals surface area contributed by atoms with Gasteiger partial charge in [0.1, 0.15) is 18.4 Å². The second kappa shape index (κ2) is 10.9. The summed E-state index contributed by atoms with van der Waals surface area (Å²) in [7, 11) is 1.64. The smallest absolute Gasteiger partial charge is 0.174 e. The molecular formula is C29H29ClN4O2S. The van der Waals surface area contributed by atoms with E-state index >= 15 is 0 Å². The summed E-state index contributed by atoms with van der Waals surface area (Å²) < 4.78 is 13.1. The number of aryl methyl sites for hydroxylation is 2. The van der Waals surface area contributed by atoms with Crippen LogP contribution in [0.25, 0.3) is 5.69 Å². The zero-order chi connectivity index (χ0) is 25.9. The molecule has 190 valence electrons. The highest BCUT2D eigenvalue weighted by molar-refractivity contribution is 7.80. The molecule has 2 unspecified atom stereocenters. The predicted octanol–water partition coefficient (Wildman–Crippen LogP) is 6.34. The van der Waals surface area contributed by atoms with Crippen LogP contribution >= 0.6 is 23.8 Å². The van der Waals surface area contributed by atoms with Crippen molar-refractivity contribution in [3.63, 3.8) is 0 Å². The van der Waals surface area contributed by atoms with Crippen LogP contribution in [0.1, 0.15) is 34.6 Å². The second-order valence-corrected chi connectivity index (χ2v) is 9.82. The lowest BCUT2D eigenvalue weighted by atomic mass is 10.0. The predicted molar refractivity (Wildman–Crippen MR) is 152 cm³/mol. The van der Waals surface area contributed by atoms with E-state index in [9.17, 15) is 0 Å². The molecule has 0 bridgehead atoms. The number of methoxy groups -OCH3 is 1. The summed E-state index contributed by atoms with van der Waals surface area (Å²) in [6.45, 7) is 5.17. The summed E-state index contributed by atoms with van der Waals surface area (Å²) in [6, 6.07) is 22.1. The summed E-state index contributed by atoms with van der Waals surface area (Å²) in [5.41, 5.74) is 6.47. The van der Waals surface area contributed by atoms with Crippen molar-refractivity contribution in [2.75, 3.05) is 25.2 Å². The Morgan fingerprint density at radius 1 is 0.973 bits per heavy atom. The number of hydrogen-bond acceptors (Lipinski definition) is 4. The third-order valence-electron chi connectivity index (χ3n) is 6.69. The van der Waals surface area contributed by atoms with E-state index in [0.717, 1.165) is 22.8 Å². The molecule has 1 aliphatic rings. The van der Waals surface area contributed by atoms with E-state index in [1.165, 1.54) is 11.1 Å². The maximum Gasteiger partial charge on any atom is 0.174 e. The number of ether oxygens (including phenoxy) is 2. The van der Waals surface area contributed by atoms with Gasteiger partial charge in [-0.1, -0.05) is 23.7 Å². The van der Waals surface area contributed by atoms with Crippen LogP contribution in [0.2, 0.25) is 5.02 Å². The van der Waals surface area contributed by atoms with Crippen LogP contribution in [-0.2, 0) is 4.74 Å². The van der Waals surface area contributed by atoms with Gasteiger partial charge in [0.2, 0.25) is 0 Å². The Morgan fingerprint density at radius 3 is 2.54 bits per heavy atom. The van der Waals surface area contributed by atoms with Crippen LogP contribution in [-0.4, -0.2) is 35.0 Å². The number of nitrogens with zero attached hydrogens (tertiary/aromatic N) is 3. The van der Waals surface area contributed by atoms with Gasteiger partial charge in [0.15, 0.2) is 5.11 Å². The molecule has 1 aliphatic heterocycles. The summed E-state index contributed by atoms with van der Waals surface area (Å²) in [5.74, 6) is 0.608. The van der Waals surface area contributed by atoms with E-state index in [-0.39, 0.29) is 12.1 Å². The van der Waals surface area contributed by atoms with E-state index in [1.54, 1.807) is 7.11 Å². The number of nitrogens with one attached hydrogen (secondary N) is 1. The molecule has 5 rings (SSSR count). The first kappa shape index (κ1) is 25.3. The Kier molecular flexibility index (Phi) is 7.46. The van der Waals surface area contributed by atoms with Crippen LogP contribution in [0, 0.1) is 13.8 Å². The molecule has 2 atom stereocenters. The van der Waals surface area contributed by atoms with Crippen molar-refractivity contribution in [1.82, 2.24) is 14.9 Å². The highest BCUT2D eigenvalue weighted by Gasteiger charge is 2.42. The summed E-state index contributed by atoms with van der Waals surface area (Å²) in [4.78, 5) is 6.79. The number of rotatable bonds is 8. The second-order valence-electron chi connectivity index (χ2n) is 9.02. The van der Waals surface area contributed by atoms with Crippen LogP contribution in [0.5, 0.6) is 5.75 Å². The molecule has 1 saturated heterocycles. The normalized spacial score (nSPS) is 17.2. The number of anilines is 1. The van der Waals surface area contributed by atoms with E-state index in [2.05, 4.69) is 70.1 Å². The molecule has 4 aromatic rings. The number of pyridine rings is 1. The maximum atomic E-state index is 6.65. The molecule has 0 spiro atoms. The molecule has 0 amide bonds. The molecule has 0 saturated carbocycles. The van der Waals surface area contributed by atoms with Gasteiger partial charge in [-0.2, -0.15) is 0 Å². The number of hydrogen-bond donors (Lipinski definition) is 1. The van der Waals surface area contributed by atoms with E-state index in [4.69, 9.17) is 33.3 Å². The van der Waals surface area contributed by atoms with Crippen LogP contribution in [0.4, 0.5) is 5.69 Å². The molecule has 1 N–H and O–H groups in total. The van der Waals surface area contributed by atoms with Gasteiger partial charge in [-0.3, -0.25) is 4.98 Å². The Bertz CT molecular complexity index is 1410. The van der Waals surface area contributed by atoms with Gasteiger partial charge < -0.3 is 24.3 Å². The van der Waals surface area contributed by atoms with Crippen molar-refractivity contribution in [3.05, 3.63) is 107 Å². The number of thiocarbonyl (C=S) groups is 1. The molecule has 1 fully saturated rings. The fraction of sp³-hybridized carbons (Fsp3) is 0.241. The molecule has 6 nitrogen and oxygen atoms in total. The summed E-state index contributed by atoms with van der Waals surface area (Å²) in [6.07, 6.45) is 3.90. The summed E-state index contributed by atoms with van der Waals surface area (Å²) >= 11 is 12.5. The zero-order valence-electron chi connectivity index (χ0n) is 21.0. The van der Waals surface area contributed by atoms with Crippen LogP contribution < -0.4 is 15.0 Å². The molecule has 3 heterocycles. The monoisotopic (exact) mass is 532 g/mol. The Balaban J connectivity index is 1.59. The SMILES string of the molecule is COCCOc1ccc(N2C(=S)NC(c3ccccn3)C2c2cccn2-c2ccc(C)c(C)c2)cc1Cl. The lowest BCUT2D eigenvalue weighted by Gasteiger charge is -2.29. The van der Waals surface area contributed by atoms with Gasteiger partial charge in [-0.15, -0.1) is 0 Å². The van der Waals surface area contributed by atoms with Gasteiger partial charge in [-0.05, 0) is 91.8 Å². The van der Waals surface area contributed by atoms with E-state index in [1.807, 2.05) is 42.6 Å². The van der Waals surface area contributed by atoms with E-state index < -0.39 is 0 Å². The van der Waals surface area contributed by atoms with Crippen molar-refractivity contribution >= 4 is 34.6 Å². The third-order valence-corrected chi connectivity index (χ3v) is 7.30. The number of halogens is 1. The fourth-order valence-electron chi connectivity index (χ4n) is 4.67. The van der Waals surface area contributed by atoms with Gasteiger partial charge in [0.05, 0.1) is 23.4 Å². The summed E-state index contributed by atoms with van der Waals surface area (Å²) in [5, 5.41) is 4.65. The van der Waals surface area contributed by atoms with Gasteiger partial charge >= 0.3 is 0 Å². The van der Waals surface area contributed by atoms with Crippen molar-refractivity contribution in [2.24, 2.45) is 0 Å². The van der Waals surface area contributed by atoms with Gasteiger partial charge in [0.25, 0.3) is 0 Å². The number of aromatic nitrogens is 2.